The van der Waals surface area contributed by atoms with Gasteiger partial charge in [-0.2, -0.15) is 0 Å². The number of aryl methyl sites for hydroxylation is 1. The summed E-state index contributed by atoms with van der Waals surface area (Å²) >= 11 is 1.47. The minimum Gasteiger partial charge on any atom is -0.343 e. The molecule has 3 aromatic rings. The number of aromatic amines is 1. The number of nitrogens with zero attached hydrogens (tertiary/aromatic N) is 2. The molecule has 0 saturated carbocycles. The molecule has 0 aliphatic rings. The Labute approximate surface area is 142 Å². The van der Waals surface area contributed by atoms with Crippen molar-refractivity contribution in [2.24, 2.45) is 0 Å². The summed E-state index contributed by atoms with van der Waals surface area (Å²) in [7, 11) is 0. The lowest BCUT2D eigenvalue weighted by atomic mass is 10.2. The number of amides is 1. The van der Waals surface area contributed by atoms with Gasteiger partial charge in [0, 0.05) is 40.7 Å². The van der Waals surface area contributed by atoms with Crippen molar-refractivity contribution in [3.8, 4) is 11.3 Å². The zero-order valence-corrected chi connectivity index (χ0v) is 14.1. The van der Waals surface area contributed by atoms with Crippen LogP contribution in [0.4, 0.5) is 0 Å². The van der Waals surface area contributed by atoms with Crippen LogP contribution < -0.4 is 10.9 Å². The molecule has 2 N–H and O–H groups in total. The zero-order chi connectivity index (χ0) is 17.1. The average Bonchev–Trinajstić information content (AvgIpc) is 3.05. The van der Waals surface area contributed by atoms with E-state index in [0.29, 0.717) is 11.3 Å². The molecule has 0 radical (unpaired) electrons. The standard InChI is InChI=1S/C17H16N4O2S/c1-10-6-13(7-15(22)19-10)16(23)20-11(2)17-21-14(9-24-17)12-4-3-5-18-8-12/h3-9,11H,1-2H3,(H,19,22)(H,20,23)/t11-/m1/s1. The van der Waals surface area contributed by atoms with Crippen molar-refractivity contribution in [2.75, 3.05) is 0 Å². The van der Waals surface area contributed by atoms with E-state index in [9.17, 15) is 9.59 Å². The Morgan fingerprint density at radius 1 is 1.38 bits per heavy atom. The van der Waals surface area contributed by atoms with Crippen LogP contribution in [0.1, 0.15) is 34.0 Å². The quantitative estimate of drug-likeness (QED) is 0.764. The van der Waals surface area contributed by atoms with Crippen LogP contribution in [0.15, 0.2) is 46.8 Å². The van der Waals surface area contributed by atoms with Crippen LogP contribution >= 0.6 is 11.3 Å². The van der Waals surface area contributed by atoms with Crippen molar-refractivity contribution in [3.63, 3.8) is 0 Å². The number of thiazole rings is 1. The molecule has 0 saturated heterocycles. The van der Waals surface area contributed by atoms with Gasteiger partial charge in [0.15, 0.2) is 0 Å². The van der Waals surface area contributed by atoms with E-state index in [1.165, 1.54) is 17.4 Å². The molecule has 1 amide bonds. The number of H-pyrrole nitrogens is 1. The predicted octanol–water partition coefficient (Wildman–Crippen LogP) is 2.69. The number of carbonyl (C=O) groups excluding carboxylic acids is 1. The molecule has 0 bridgehead atoms. The highest BCUT2D eigenvalue weighted by Gasteiger charge is 2.16. The van der Waals surface area contributed by atoms with Gasteiger partial charge in [-0.05, 0) is 32.0 Å². The predicted molar refractivity (Wildman–Crippen MR) is 93.0 cm³/mol. The average molecular weight is 340 g/mol. The molecule has 1 atom stereocenters. The highest BCUT2D eigenvalue weighted by Crippen LogP contribution is 2.24. The van der Waals surface area contributed by atoms with Gasteiger partial charge >= 0.3 is 0 Å². The first kappa shape index (κ1) is 16.1. The van der Waals surface area contributed by atoms with Gasteiger partial charge < -0.3 is 10.3 Å². The summed E-state index contributed by atoms with van der Waals surface area (Å²) in [6.45, 7) is 3.60. The monoisotopic (exact) mass is 340 g/mol. The molecule has 6 nitrogen and oxygen atoms in total. The van der Waals surface area contributed by atoms with Crippen LogP contribution in [0, 0.1) is 6.92 Å². The van der Waals surface area contributed by atoms with Crippen LogP contribution in [-0.2, 0) is 0 Å². The van der Waals surface area contributed by atoms with Crippen LogP contribution in [0.25, 0.3) is 11.3 Å². The summed E-state index contributed by atoms with van der Waals surface area (Å²) in [5, 5.41) is 5.60. The molecule has 0 spiro atoms. The van der Waals surface area contributed by atoms with Gasteiger partial charge in [0.1, 0.15) is 5.01 Å². The van der Waals surface area contributed by atoms with Crippen molar-refractivity contribution in [1.29, 1.82) is 0 Å². The van der Waals surface area contributed by atoms with Gasteiger partial charge in [-0.25, -0.2) is 4.98 Å². The molecular weight excluding hydrogens is 324 g/mol. The molecule has 7 heteroatoms. The normalized spacial score (nSPS) is 11.9. The second-order valence-corrected chi connectivity index (χ2v) is 6.31. The van der Waals surface area contributed by atoms with Crippen LogP contribution in [0.5, 0.6) is 0 Å². The maximum absolute atomic E-state index is 12.3. The first-order valence-electron chi connectivity index (χ1n) is 7.40. The lowest BCUT2D eigenvalue weighted by molar-refractivity contribution is 0.0939. The first-order chi connectivity index (χ1) is 11.5. The fraction of sp³-hybridized carbons (Fsp3) is 0.176. The summed E-state index contributed by atoms with van der Waals surface area (Å²) in [4.78, 5) is 35.1. The van der Waals surface area contributed by atoms with Crippen molar-refractivity contribution in [3.05, 3.63) is 68.7 Å². The molecule has 0 aliphatic heterocycles. The number of aromatic nitrogens is 3. The van der Waals surface area contributed by atoms with Crippen LogP contribution in [0.2, 0.25) is 0 Å². The molecule has 0 aromatic carbocycles. The van der Waals surface area contributed by atoms with E-state index < -0.39 is 0 Å². The van der Waals surface area contributed by atoms with Gasteiger partial charge in [0.05, 0.1) is 11.7 Å². The minimum absolute atomic E-state index is 0.257. The summed E-state index contributed by atoms with van der Waals surface area (Å²) < 4.78 is 0. The third-order valence-electron chi connectivity index (χ3n) is 3.44. The smallest absolute Gasteiger partial charge is 0.252 e. The fourth-order valence-electron chi connectivity index (χ4n) is 2.29. The third-order valence-corrected chi connectivity index (χ3v) is 4.47. The molecule has 3 aromatic heterocycles. The first-order valence-corrected chi connectivity index (χ1v) is 8.28. The Balaban J connectivity index is 1.75. The van der Waals surface area contributed by atoms with E-state index >= 15 is 0 Å². The maximum atomic E-state index is 12.3. The molecule has 0 unspecified atom stereocenters. The van der Waals surface area contributed by atoms with Gasteiger partial charge in [0.2, 0.25) is 5.56 Å². The summed E-state index contributed by atoms with van der Waals surface area (Å²) in [6, 6.07) is 6.47. The zero-order valence-electron chi connectivity index (χ0n) is 13.2. The lowest BCUT2D eigenvalue weighted by Crippen LogP contribution is -2.27. The van der Waals surface area contributed by atoms with Gasteiger partial charge in [-0.3, -0.25) is 14.6 Å². The van der Waals surface area contributed by atoms with Crippen molar-refractivity contribution >= 4 is 17.2 Å². The Morgan fingerprint density at radius 2 is 2.21 bits per heavy atom. The fourth-order valence-corrected chi connectivity index (χ4v) is 3.12. The molecule has 24 heavy (non-hydrogen) atoms. The second-order valence-electron chi connectivity index (χ2n) is 5.42. The van der Waals surface area contributed by atoms with E-state index in [0.717, 1.165) is 16.3 Å². The minimum atomic E-state index is -0.296. The second kappa shape index (κ2) is 6.76. The van der Waals surface area contributed by atoms with Gasteiger partial charge in [-0.15, -0.1) is 11.3 Å². The largest absolute Gasteiger partial charge is 0.343 e. The number of hydrogen-bond donors (Lipinski definition) is 2. The Morgan fingerprint density at radius 3 is 2.92 bits per heavy atom. The summed E-state index contributed by atoms with van der Waals surface area (Å²) in [5.74, 6) is -0.296. The SMILES string of the molecule is Cc1cc(C(=O)N[C@H](C)c2nc(-c3cccnc3)cs2)cc(=O)[nH]1. The highest BCUT2D eigenvalue weighted by atomic mass is 32.1. The number of rotatable bonds is 4. The molecule has 122 valence electrons. The molecule has 0 fully saturated rings. The van der Waals surface area contributed by atoms with Crippen molar-refractivity contribution < 1.29 is 4.79 Å². The van der Waals surface area contributed by atoms with E-state index in [2.05, 4.69) is 20.3 Å². The van der Waals surface area contributed by atoms with E-state index in [1.54, 1.807) is 25.4 Å². The van der Waals surface area contributed by atoms with Crippen molar-refractivity contribution in [1.82, 2.24) is 20.3 Å². The van der Waals surface area contributed by atoms with Crippen LogP contribution in [-0.4, -0.2) is 20.9 Å². The number of nitrogens with one attached hydrogen (secondary N) is 2. The Hall–Kier alpha value is -2.80. The maximum Gasteiger partial charge on any atom is 0.252 e. The molecule has 3 rings (SSSR count). The lowest BCUT2D eigenvalue weighted by Gasteiger charge is -2.11. The van der Waals surface area contributed by atoms with Gasteiger partial charge in [-0.1, -0.05) is 0 Å². The number of hydrogen-bond acceptors (Lipinski definition) is 5. The summed E-state index contributed by atoms with van der Waals surface area (Å²) in [5.41, 5.74) is 2.46. The summed E-state index contributed by atoms with van der Waals surface area (Å²) in [6.07, 6.45) is 3.46. The molecular formula is C17H16N4O2S. The van der Waals surface area contributed by atoms with Crippen molar-refractivity contribution in [2.45, 2.75) is 19.9 Å². The van der Waals surface area contributed by atoms with E-state index in [4.69, 9.17) is 0 Å². The van der Waals surface area contributed by atoms with Crippen LogP contribution in [0.3, 0.4) is 0 Å². The number of carbonyl (C=O) groups is 1. The molecule has 0 aliphatic carbocycles. The third kappa shape index (κ3) is 3.57. The number of pyridine rings is 2. The topological polar surface area (TPSA) is 87.7 Å². The highest BCUT2D eigenvalue weighted by molar-refractivity contribution is 7.10. The Kier molecular flexibility index (Phi) is 4.52. The van der Waals surface area contributed by atoms with E-state index in [-0.39, 0.29) is 17.5 Å². The van der Waals surface area contributed by atoms with E-state index in [1.807, 2.05) is 24.4 Å². The Bertz CT molecular complexity index is 918. The van der Waals surface area contributed by atoms with Gasteiger partial charge in [0.25, 0.3) is 5.91 Å². The molecule has 3 heterocycles.